The van der Waals surface area contributed by atoms with Crippen LogP contribution in [0.15, 0.2) is 11.1 Å². The number of carbonyl (C=O) groups is 2. The molecule has 0 radical (unpaired) electrons. The Morgan fingerprint density at radius 1 is 1.20 bits per heavy atom. The van der Waals surface area contributed by atoms with Crippen molar-refractivity contribution in [1.82, 2.24) is 20.4 Å². The van der Waals surface area contributed by atoms with Crippen molar-refractivity contribution in [2.24, 2.45) is 0 Å². The molecule has 2 aliphatic heterocycles. The first kappa shape index (κ1) is 15.3. The van der Waals surface area contributed by atoms with Gasteiger partial charge in [-0.1, -0.05) is 0 Å². The summed E-state index contributed by atoms with van der Waals surface area (Å²) in [4.78, 5) is 27.2. The highest BCUT2D eigenvalue weighted by molar-refractivity contribution is 8.18. The van der Waals surface area contributed by atoms with Gasteiger partial charge in [-0.2, -0.15) is 0 Å². The predicted molar refractivity (Wildman–Crippen MR) is 77.2 cm³/mol. The second-order valence-electron chi connectivity index (χ2n) is 4.71. The van der Waals surface area contributed by atoms with Gasteiger partial charge in [0.2, 0.25) is 0 Å². The van der Waals surface area contributed by atoms with E-state index >= 15 is 0 Å². The minimum absolute atomic E-state index is 0.216. The fourth-order valence-corrected chi connectivity index (χ4v) is 2.82. The normalized spacial score (nSPS) is 23.4. The summed E-state index contributed by atoms with van der Waals surface area (Å²) in [5.74, 6) is -0.329. The van der Waals surface area contributed by atoms with Gasteiger partial charge in [-0.25, -0.2) is 0 Å². The third kappa shape index (κ3) is 4.48. The van der Waals surface area contributed by atoms with Crippen LogP contribution in [0.5, 0.6) is 0 Å². The van der Waals surface area contributed by atoms with Crippen LogP contribution in [0.25, 0.3) is 0 Å². The van der Waals surface area contributed by atoms with Crippen molar-refractivity contribution in [2.45, 2.75) is 0 Å². The van der Waals surface area contributed by atoms with Gasteiger partial charge in [-0.15, -0.1) is 0 Å². The third-order valence-corrected chi connectivity index (χ3v) is 4.14. The van der Waals surface area contributed by atoms with Crippen molar-refractivity contribution in [3.63, 3.8) is 0 Å². The number of rotatable bonds is 6. The van der Waals surface area contributed by atoms with Gasteiger partial charge in [0.25, 0.3) is 11.1 Å². The summed E-state index contributed by atoms with van der Waals surface area (Å²) in [7, 11) is 0. The number of β-amino-alcohol motifs (C(OH)–C–C–N with tert-alkyl or cyclic N) is 1. The van der Waals surface area contributed by atoms with E-state index in [0.29, 0.717) is 4.91 Å². The molecule has 0 aromatic heterocycles. The molecule has 0 aliphatic carbocycles. The van der Waals surface area contributed by atoms with Gasteiger partial charge >= 0.3 is 0 Å². The van der Waals surface area contributed by atoms with Gasteiger partial charge < -0.3 is 10.4 Å². The molecule has 2 fully saturated rings. The fourth-order valence-electron chi connectivity index (χ4n) is 2.19. The Kier molecular flexibility index (Phi) is 5.84. The van der Waals surface area contributed by atoms with Gasteiger partial charge in [0, 0.05) is 52.0 Å². The molecule has 2 aliphatic rings. The minimum Gasteiger partial charge on any atom is -0.395 e. The Balaban J connectivity index is 1.61. The number of aliphatic hydroxyl groups excluding tert-OH is 1. The fraction of sp³-hybridized carbons (Fsp3) is 0.667. The van der Waals surface area contributed by atoms with Crippen LogP contribution in [0.3, 0.4) is 0 Å². The second kappa shape index (κ2) is 7.63. The number of nitrogens with one attached hydrogen (secondary N) is 2. The number of aliphatic hydroxyl groups is 1. The maximum atomic E-state index is 11.3. The third-order valence-electron chi connectivity index (χ3n) is 3.33. The summed E-state index contributed by atoms with van der Waals surface area (Å²) in [5, 5.41) is 13.8. The lowest BCUT2D eigenvalue weighted by molar-refractivity contribution is -0.115. The van der Waals surface area contributed by atoms with Crippen molar-refractivity contribution < 1.29 is 14.7 Å². The zero-order valence-electron chi connectivity index (χ0n) is 11.3. The topological polar surface area (TPSA) is 84.9 Å². The molecular weight excluding hydrogens is 280 g/mol. The van der Waals surface area contributed by atoms with Crippen LogP contribution in [-0.2, 0) is 4.79 Å². The number of carbonyl (C=O) groups excluding carboxylic acids is 2. The summed E-state index contributed by atoms with van der Waals surface area (Å²) in [6.45, 7) is 6.55. The lowest BCUT2D eigenvalue weighted by Gasteiger charge is -2.34. The van der Waals surface area contributed by atoms with Crippen LogP contribution in [0.2, 0.25) is 0 Å². The summed E-state index contributed by atoms with van der Waals surface area (Å²) in [5.41, 5.74) is 0. The van der Waals surface area contributed by atoms with Crippen molar-refractivity contribution in [3.8, 4) is 0 Å². The summed E-state index contributed by atoms with van der Waals surface area (Å²) < 4.78 is 0. The SMILES string of the molecule is O=C1NC(=O)C(=CNCCN2CCN(CCO)CC2)S1. The Labute approximate surface area is 122 Å². The van der Waals surface area contributed by atoms with E-state index in [1.54, 1.807) is 6.20 Å². The number of piperazine rings is 1. The molecule has 2 saturated heterocycles. The van der Waals surface area contributed by atoms with Crippen LogP contribution < -0.4 is 10.6 Å². The van der Waals surface area contributed by atoms with E-state index < -0.39 is 0 Å². The molecule has 3 N–H and O–H groups in total. The first-order valence-corrected chi connectivity index (χ1v) is 7.53. The van der Waals surface area contributed by atoms with Gasteiger partial charge in [0.05, 0.1) is 11.5 Å². The highest BCUT2D eigenvalue weighted by Gasteiger charge is 2.24. The molecule has 20 heavy (non-hydrogen) atoms. The lowest BCUT2D eigenvalue weighted by Crippen LogP contribution is -2.48. The van der Waals surface area contributed by atoms with E-state index in [0.717, 1.165) is 57.6 Å². The molecule has 0 bridgehead atoms. The van der Waals surface area contributed by atoms with E-state index in [4.69, 9.17) is 5.11 Å². The Bertz CT molecular complexity index is 394. The number of amides is 2. The molecule has 7 nitrogen and oxygen atoms in total. The van der Waals surface area contributed by atoms with E-state index in [9.17, 15) is 9.59 Å². The molecule has 8 heteroatoms. The minimum atomic E-state index is -0.329. The molecule has 0 aromatic rings. The summed E-state index contributed by atoms with van der Waals surface area (Å²) in [6, 6.07) is 0. The zero-order valence-corrected chi connectivity index (χ0v) is 12.1. The van der Waals surface area contributed by atoms with Crippen molar-refractivity contribution in [3.05, 3.63) is 11.1 Å². The van der Waals surface area contributed by atoms with Gasteiger partial charge in [0.15, 0.2) is 0 Å². The van der Waals surface area contributed by atoms with Gasteiger partial charge in [-0.3, -0.25) is 24.7 Å². The monoisotopic (exact) mass is 300 g/mol. The number of hydrogen-bond acceptors (Lipinski definition) is 7. The molecule has 0 aromatic carbocycles. The molecular formula is C12H20N4O3S. The molecule has 2 heterocycles. The lowest BCUT2D eigenvalue weighted by atomic mass is 10.3. The molecule has 2 amide bonds. The van der Waals surface area contributed by atoms with E-state index in [2.05, 4.69) is 20.4 Å². The predicted octanol–water partition coefficient (Wildman–Crippen LogP) is -0.990. The van der Waals surface area contributed by atoms with Crippen molar-refractivity contribution >= 4 is 22.9 Å². The largest absolute Gasteiger partial charge is 0.395 e. The summed E-state index contributed by atoms with van der Waals surface area (Å²) in [6.07, 6.45) is 1.60. The van der Waals surface area contributed by atoms with Crippen LogP contribution in [0, 0.1) is 0 Å². The average molecular weight is 300 g/mol. The Morgan fingerprint density at radius 2 is 1.85 bits per heavy atom. The number of nitrogens with zero attached hydrogens (tertiary/aromatic N) is 2. The van der Waals surface area contributed by atoms with Crippen LogP contribution in [-0.4, -0.2) is 78.5 Å². The highest BCUT2D eigenvalue weighted by Crippen LogP contribution is 2.21. The number of thioether (sulfide) groups is 1. The molecule has 0 spiro atoms. The molecule has 0 atom stereocenters. The highest BCUT2D eigenvalue weighted by atomic mass is 32.2. The van der Waals surface area contributed by atoms with Crippen LogP contribution >= 0.6 is 11.8 Å². The molecule has 0 saturated carbocycles. The van der Waals surface area contributed by atoms with E-state index in [1.165, 1.54) is 0 Å². The second-order valence-corrected chi connectivity index (χ2v) is 5.73. The molecule has 2 rings (SSSR count). The maximum absolute atomic E-state index is 11.3. The molecule has 0 unspecified atom stereocenters. The van der Waals surface area contributed by atoms with Crippen molar-refractivity contribution in [2.75, 3.05) is 52.4 Å². The quantitative estimate of drug-likeness (QED) is 0.429. The number of imide groups is 1. The smallest absolute Gasteiger partial charge is 0.290 e. The molecule has 112 valence electrons. The number of hydrogen-bond donors (Lipinski definition) is 3. The van der Waals surface area contributed by atoms with Crippen LogP contribution in [0.4, 0.5) is 4.79 Å². The average Bonchev–Trinajstić information content (AvgIpc) is 2.75. The maximum Gasteiger partial charge on any atom is 0.290 e. The summed E-state index contributed by atoms with van der Waals surface area (Å²) >= 11 is 0.921. The standard InChI is InChI=1S/C12H20N4O3S/c17-8-7-16-5-3-15(4-6-16)2-1-13-9-10-11(18)14-12(19)20-10/h9,13,17H,1-8H2,(H,14,18,19). The zero-order chi connectivity index (χ0) is 14.4. The van der Waals surface area contributed by atoms with E-state index in [1.807, 2.05) is 0 Å². The Hall–Kier alpha value is -1.09. The van der Waals surface area contributed by atoms with Gasteiger partial charge in [-0.05, 0) is 11.8 Å². The Morgan fingerprint density at radius 3 is 2.40 bits per heavy atom. The van der Waals surface area contributed by atoms with E-state index in [-0.39, 0.29) is 17.8 Å². The van der Waals surface area contributed by atoms with Crippen molar-refractivity contribution in [1.29, 1.82) is 0 Å². The first-order chi connectivity index (χ1) is 9.69. The first-order valence-electron chi connectivity index (χ1n) is 6.71. The van der Waals surface area contributed by atoms with Gasteiger partial charge in [0.1, 0.15) is 0 Å². The van der Waals surface area contributed by atoms with Crippen LogP contribution in [0.1, 0.15) is 0 Å².